The molecule has 3 heteroatoms. The maximum Gasteiger partial charge on any atom is 0.342 e. The van der Waals surface area contributed by atoms with Crippen LogP contribution < -0.4 is 0 Å². The Morgan fingerprint density at radius 1 is 1.67 bits per heavy atom. The van der Waals surface area contributed by atoms with Crippen LogP contribution in [0.15, 0.2) is 4.99 Å². The van der Waals surface area contributed by atoms with Crippen LogP contribution in [-0.2, 0) is 0 Å². The van der Waals surface area contributed by atoms with Crippen molar-refractivity contribution in [3.8, 4) is 0 Å². The standard InChI is InChI=1S/C6H12N2O/c1-4-5-7-6(9)8(2)3/h5H,4H2,1-3H3/b7-5+. The molecule has 2 amide bonds. The molecule has 9 heavy (non-hydrogen) atoms. The molecule has 0 aromatic heterocycles. The van der Waals surface area contributed by atoms with E-state index < -0.39 is 0 Å². The first kappa shape index (κ1) is 8.14. The average molecular weight is 128 g/mol. The Bertz CT molecular complexity index is 118. The van der Waals surface area contributed by atoms with Gasteiger partial charge >= 0.3 is 6.03 Å². The zero-order valence-electron chi connectivity index (χ0n) is 6.09. The minimum Gasteiger partial charge on any atom is -0.329 e. The Kier molecular flexibility index (Phi) is 3.67. The van der Waals surface area contributed by atoms with Crippen molar-refractivity contribution in [3.05, 3.63) is 0 Å². The maximum absolute atomic E-state index is 10.6. The van der Waals surface area contributed by atoms with E-state index in [9.17, 15) is 4.79 Å². The van der Waals surface area contributed by atoms with E-state index in [1.807, 2.05) is 6.92 Å². The largest absolute Gasteiger partial charge is 0.342 e. The molecule has 0 aromatic carbocycles. The highest BCUT2D eigenvalue weighted by Crippen LogP contribution is 1.82. The summed E-state index contributed by atoms with van der Waals surface area (Å²) in [5.74, 6) is 0. The van der Waals surface area contributed by atoms with Gasteiger partial charge in [-0.2, -0.15) is 0 Å². The molecule has 52 valence electrons. The number of carbonyl (C=O) groups is 1. The van der Waals surface area contributed by atoms with Crippen molar-refractivity contribution in [1.82, 2.24) is 4.90 Å². The Morgan fingerprint density at radius 3 is 2.56 bits per heavy atom. The fourth-order valence-corrected chi connectivity index (χ4v) is 0.285. The number of hydrogen-bond acceptors (Lipinski definition) is 1. The lowest BCUT2D eigenvalue weighted by Gasteiger charge is -2.02. The summed E-state index contributed by atoms with van der Waals surface area (Å²) < 4.78 is 0. The van der Waals surface area contributed by atoms with E-state index in [4.69, 9.17) is 0 Å². The van der Waals surface area contributed by atoms with Crippen molar-refractivity contribution in [2.75, 3.05) is 14.1 Å². The molecule has 0 rings (SSSR count). The van der Waals surface area contributed by atoms with Gasteiger partial charge in [0.15, 0.2) is 0 Å². The van der Waals surface area contributed by atoms with E-state index >= 15 is 0 Å². The molecule has 0 N–H and O–H groups in total. The molecule has 0 unspecified atom stereocenters. The molecule has 0 atom stereocenters. The number of aliphatic imine (C=N–C) groups is 1. The molecule has 0 saturated carbocycles. The third-order valence-corrected chi connectivity index (χ3v) is 0.767. The van der Waals surface area contributed by atoms with Gasteiger partial charge in [-0.1, -0.05) is 6.92 Å². The van der Waals surface area contributed by atoms with Crippen molar-refractivity contribution >= 4 is 12.2 Å². The second-order valence-corrected chi connectivity index (χ2v) is 1.90. The molecule has 0 aliphatic rings. The van der Waals surface area contributed by atoms with Gasteiger partial charge in [-0.3, -0.25) is 0 Å². The number of rotatable bonds is 1. The number of nitrogens with zero attached hydrogens (tertiary/aromatic N) is 2. The van der Waals surface area contributed by atoms with Crippen LogP contribution in [0, 0.1) is 0 Å². The Hall–Kier alpha value is -0.860. The summed E-state index contributed by atoms with van der Waals surface area (Å²) in [6.07, 6.45) is 2.40. The first-order chi connectivity index (χ1) is 4.18. The van der Waals surface area contributed by atoms with Gasteiger partial charge in [-0.05, 0) is 6.42 Å². The maximum atomic E-state index is 10.6. The van der Waals surface area contributed by atoms with Gasteiger partial charge in [0, 0.05) is 20.3 Å². The second-order valence-electron chi connectivity index (χ2n) is 1.90. The van der Waals surface area contributed by atoms with E-state index in [-0.39, 0.29) is 6.03 Å². The van der Waals surface area contributed by atoms with Gasteiger partial charge in [0.25, 0.3) is 0 Å². The molecule has 0 radical (unpaired) electrons. The Labute approximate surface area is 55.4 Å². The SMILES string of the molecule is CC/C=N/C(=O)N(C)C. The van der Waals surface area contributed by atoms with E-state index in [0.717, 1.165) is 6.42 Å². The quantitative estimate of drug-likeness (QED) is 0.487. The zero-order chi connectivity index (χ0) is 7.28. The highest BCUT2D eigenvalue weighted by atomic mass is 16.2. The van der Waals surface area contributed by atoms with Gasteiger partial charge in [0.2, 0.25) is 0 Å². The van der Waals surface area contributed by atoms with Crippen molar-refractivity contribution in [2.45, 2.75) is 13.3 Å². The highest BCUT2D eigenvalue weighted by molar-refractivity contribution is 5.82. The lowest BCUT2D eigenvalue weighted by molar-refractivity contribution is 0.227. The Morgan fingerprint density at radius 2 is 2.22 bits per heavy atom. The third-order valence-electron chi connectivity index (χ3n) is 0.767. The number of urea groups is 1. The molecule has 0 saturated heterocycles. The molecule has 0 bridgehead atoms. The van der Waals surface area contributed by atoms with E-state index in [1.54, 1.807) is 20.3 Å². The topological polar surface area (TPSA) is 32.7 Å². The zero-order valence-corrected chi connectivity index (χ0v) is 6.09. The fraction of sp³-hybridized carbons (Fsp3) is 0.667. The molecule has 0 aliphatic heterocycles. The van der Waals surface area contributed by atoms with Gasteiger partial charge in [0.1, 0.15) is 0 Å². The van der Waals surface area contributed by atoms with Crippen LogP contribution in [0.4, 0.5) is 4.79 Å². The van der Waals surface area contributed by atoms with Crippen LogP contribution in [0.2, 0.25) is 0 Å². The van der Waals surface area contributed by atoms with Crippen LogP contribution in [0.5, 0.6) is 0 Å². The summed E-state index contributed by atoms with van der Waals surface area (Å²) in [5, 5.41) is 0. The average Bonchev–Trinajstić information content (AvgIpc) is 1.82. The molecule has 0 heterocycles. The molecule has 0 aromatic rings. The molecular weight excluding hydrogens is 116 g/mol. The second kappa shape index (κ2) is 4.06. The predicted octanol–water partition coefficient (Wildman–Crippen LogP) is 1.15. The number of carbonyl (C=O) groups excluding carboxylic acids is 1. The van der Waals surface area contributed by atoms with Crippen LogP contribution >= 0.6 is 0 Å². The van der Waals surface area contributed by atoms with E-state index in [0.29, 0.717) is 0 Å². The molecule has 0 aliphatic carbocycles. The van der Waals surface area contributed by atoms with Crippen molar-refractivity contribution < 1.29 is 4.79 Å². The van der Waals surface area contributed by atoms with Gasteiger partial charge in [-0.25, -0.2) is 9.79 Å². The summed E-state index contributed by atoms with van der Waals surface area (Å²) in [4.78, 5) is 15.7. The van der Waals surface area contributed by atoms with Crippen LogP contribution in [0.25, 0.3) is 0 Å². The normalized spacial score (nSPS) is 10.1. The van der Waals surface area contributed by atoms with Gasteiger partial charge in [-0.15, -0.1) is 0 Å². The number of amides is 2. The third kappa shape index (κ3) is 3.70. The minimum absolute atomic E-state index is 0.197. The smallest absolute Gasteiger partial charge is 0.329 e. The fourth-order valence-electron chi connectivity index (χ4n) is 0.285. The summed E-state index contributed by atoms with van der Waals surface area (Å²) in [6, 6.07) is -0.197. The summed E-state index contributed by atoms with van der Waals surface area (Å²) in [7, 11) is 3.35. The van der Waals surface area contributed by atoms with Crippen molar-refractivity contribution in [1.29, 1.82) is 0 Å². The lowest BCUT2D eigenvalue weighted by Crippen LogP contribution is -2.17. The molecule has 3 nitrogen and oxygen atoms in total. The van der Waals surface area contributed by atoms with Crippen LogP contribution in [0.3, 0.4) is 0 Å². The van der Waals surface area contributed by atoms with E-state index in [1.165, 1.54) is 4.90 Å². The Balaban J connectivity index is 3.63. The first-order valence-corrected chi connectivity index (χ1v) is 2.92. The first-order valence-electron chi connectivity index (χ1n) is 2.92. The predicted molar refractivity (Wildman–Crippen MR) is 37.9 cm³/mol. The lowest BCUT2D eigenvalue weighted by atomic mass is 10.5. The molecule has 0 fully saturated rings. The van der Waals surface area contributed by atoms with Crippen LogP contribution in [0.1, 0.15) is 13.3 Å². The van der Waals surface area contributed by atoms with Gasteiger partial charge < -0.3 is 4.90 Å². The summed E-state index contributed by atoms with van der Waals surface area (Å²) in [6.45, 7) is 1.94. The van der Waals surface area contributed by atoms with Crippen molar-refractivity contribution in [2.24, 2.45) is 4.99 Å². The number of hydrogen-bond donors (Lipinski definition) is 0. The minimum atomic E-state index is -0.197. The molecule has 0 spiro atoms. The van der Waals surface area contributed by atoms with Crippen molar-refractivity contribution in [3.63, 3.8) is 0 Å². The van der Waals surface area contributed by atoms with Crippen LogP contribution in [-0.4, -0.2) is 31.2 Å². The van der Waals surface area contributed by atoms with E-state index in [2.05, 4.69) is 4.99 Å². The highest BCUT2D eigenvalue weighted by Gasteiger charge is 1.95. The monoisotopic (exact) mass is 128 g/mol. The molecular formula is C6H12N2O. The summed E-state index contributed by atoms with van der Waals surface area (Å²) in [5.41, 5.74) is 0. The van der Waals surface area contributed by atoms with Gasteiger partial charge in [0.05, 0.1) is 0 Å². The summed E-state index contributed by atoms with van der Waals surface area (Å²) >= 11 is 0.